The molecule has 0 bridgehead atoms. The molecular formula is C12H9NO3S. The Morgan fingerprint density at radius 3 is 3.00 bits per heavy atom. The summed E-state index contributed by atoms with van der Waals surface area (Å²) in [6.07, 6.45) is 4.98. The molecule has 4 nitrogen and oxygen atoms in total. The molecule has 2 rings (SSSR count). The van der Waals surface area contributed by atoms with Crippen LogP contribution in [0.2, 0.25) is 0 Å². The molecule has 0 radical (unpaired) electrons. The van der Waals surface area contributed by atoms with Crippen LogP contribution in [0.25, 0.3) is 10.2 Å². The van der Waals surface area contributed by atoms with Crippen LogP contribution in [0, 0.1) is 12.3 Å². The van der Waals surface area contributed by atoms with E-state index in [1.807, 2.05) is 18.2 Å². The molecule has 0 aliphatic heterocycles. The van der Waals surface area contributed by atoms with Crippen LogP contribution in [0.5, 0.6) is 0 Å². The Bertz CT molecular complexity index is 648. The third-order valence-corrected chi connectivity index (χ3v) is 3.14. The summed E-state index contributed by atoms with van der Waals surface area (Å²) in [5, 5.41) is 0. The number of hydrogen-bond acceptors (Lipinski definition) is 4. The highest BCUT2D eigenvalue weighted by molar-refractivity contribution is 7.16. The standard InChI is InChI=1S/C12H9NO3S/c1-2-7-16-11(14)8-13-9-5-3-4-6-10(9)17-12(13)15/h1,3-6H,7-8H2. The molecule has 0 aliphatic rings. The molecule has 0 N–H and O–H groups in total. The summed E-state index contributed by atoms with van der Waals surface area (Å²) < 4.78 is 6.98. The van der Waals surface area contributed by atoms with Crippen LogP contribution in [-0.4, -0.2) is 17.1 Å². The van der Waals surface area contributed by atoms with Crippen molar-refractivity contribution < 1.29 is 9.53 Å². The number of fused-ring (bicyclic) bond motifs is 1. The lowest BCUT2D eigenvalue weighted by Gasteiger charge is -2.02. The molecule has 86 valence electrons. The molecule has 1 aromatic carbocycles. The van der Waals surface area contributed by atoms with Gasteiger partial charge in [0, 0.05) is 0 Å². The van der Waals surface area contributed by atoms with Crippen molar-refractivity contribution in [3.05, 3.63) is 33.9 Å². The van der Waals surface area contributed by atoms with E-state index in [2.05, 4.69) is 5.92 Å². The first kappa shape index (κ1) is 11.4. The number of esters is 1. The van der Waals surface area contributed by atoms with E-state index in [1.165, 1.54) is 4.57 Å². The molecule has 2 aromatic rings. The summed E-state index contributed by atoms with van der Waals surface area (Å²) in [7, 11) is 0. The predicted molar refractivity (Wildman–Crippen MR) is 65.9 cm³/mol. The molecule has 1 heterocycles. The van der Waals surface area contributed by atoms with Crippen molar-refractivity contribution >= 4 is 27.5 Å². The highest BCUT2D eigenvalue weighted by Gasteiger charge is 2.11. The SMILES string of the molecule is C#CCOC(=O)Cn1c(=O)sc2ccccc21. The molecule has 0 saturated carbocycles. The van der Waals surface area contributed by atoms with Crippen LogP contribution < -0.4 is 4.87 Å². The van der Waals surface area contributed by atoms with E-state index >= 15 is 0 Å². The molecule has 17 heavy (non-hydrogen) atoms. The number of hydrogen-bond donors (Lipinski definition) is 0. The molecule has 0 atom stereocenters. The molecule has 0 unspecified atom stereocenters. The Hall–Kier alpha value is -2.06. The van der Waals surface area contributed by atoms with Crippen molar-refractivity contribution in [2.75, 3.05) is 6.61 Å². The number of terminal acetylenes is 1. The van der Waals surface area contributed by atoms with Crippen molar-refractivity contribution in [1.82, 2.24) is 4.57 Å². The van der Waals surface area contributed by atoms with Gasteiger partial charge in [0.2, 0.25) is 0 Å². The average Bonchev–Trinajstić information content (AvgIpc) is 2.64. The van der Waals surface area contributed by atoms with Crippen LogP contribution >= 0.6 is 11.3 Å². The molecule has 0 spiro atoms. The summed E-state index contributed by atoms with van der Waals surface area (Å²) in [4.78, 5) is 22.9. The Balaban J connectivity index is 2.30. The van der Waals surface area contributed by atoms with Crippen LogP contribution in [-0.2, 0) is 16.1 Å². The van der Waals surface area contributed by atoms with Gasteiger partial charge in [-0.05, 0) is 12.1 Å². The number of ether oxygens (including phenoxy) is 1. The maximum Gasteiger partial charge on any atom is 0.327 e. The Kier molecular flexibility index (Phi) is 3.26. The maximum absolute atomic E-state index is 11.7. The highest BCUT2D eigenvalue weighted by atomic mass is 32.1. The van der Waals surface area contributed by atoms with E-state index < -0.39 is 5.97 Å². The van der Waals surface area contributed by atoms with Gasteiger partial charge in [0.1, 0.15) is 6.54 Å². The van der Waals surface area contributed by atoms with E-state index in [0.29, 0.717) is 0 Å². The van der Waals surface area contributed by atoms with Crippen LogP contribution in [0.15, 0.2) is 29.1 Å². The summed E-state index contributed by atoms with van der Waals surface area (Å²) in [6.45, 7) is -0.180. The van der Waals surface area contributed by atoms with Crippen LogP contribution in [0.3, 0.4) is 0 Å². The van der Waals surface area contributed by atoms with E-state index in [0.717, 1.165) is 21.6 Å². The third-order valence-electron chi connectivity index (χ3n) is 2.18. The number of benzene rings is 1. The van der Waals surface area contributed by atoms with Gasteiger partial charge in [0.25, 0.3) is 0 Å². The zero-order valence-electron chi connectivity index (χ0n) is 8.88. The number of carbonyl (C=O) groups excluding carboxylic acids is 1. The number of aromatic nitrogens is 1. The number of nitrogens with zero attached hydrogens (tertiary/aromatic N) is 1. The lowest BCUT2D eigenvalue weighted by molar-refractivity contribution is -0.142. The van der Waals surface area contributed by atoms with Gasteiger partial charge < -0.3 is 4.74 Å². The molecule has 0 amide bonds. The van der Waals surface area contributed by atoms with Gasteiger partial charge >= 0.3 is 10.8 Å². The number of carbonyl (C=O) groups is 1. The number of rotatable bonds is 3. The Morgan fingerprint density at radius 1 is 1.47 bits per heavy atom. The summed E-state index contributed by atoms with van der Waals surface area (Å²) in [5.41, 5.74) is 0.736. The van der Waals surface area contributed by atoms with Gasteiger partial charge in [-0.25, -0.2) is 0 Å². The smallest absolute Gasteiger partial charge is 0.327 e. The minimum absolute atomic E-state index is 0.0738. The monoisotopic (exact) mass is 247 g/mol. The fourth-order valence-corrected chi connectivity index (χ4v) is 2.35. The molecule has 0 fully saturated rings. The quantitative estimate of drug-likeness (QED) is 0.605. The topological polar surface area (TPSA) is 48.3 Å². The van der Waals surface area contributed by atoms with Crippen molar-refractivity contribution in [2.45, 2.75) is 6.54 Å². The molecule has 5 heteroatoms. The van der Waals surface area contributed by atoms with E-state index in [4.69, 9.17) is 11.2 Å². The van der Waals surface area contributed by atoms with E-state index in [9.17, 15) is 9.59 Å². The third kappa shape index (κ3) is 2.37. The molecule has 0 aliphatic carbocycles. The van der Waals surface area contributed by atoms with Gasteiger partial charge in [0.05, 0.1) is 10.2 Å². The largest absolute Gasteiger partial charge is 0.451 e. The minimum atomic E-state index is -0.506. The first-order valence-electron chi connectivity index (χ1n) is 4.90. The highest BCUT2D eigenvalue weighted by Crippen LogP contribution is 2.16. The number of para-hydroxylation sites is 1. The van der Waals surface area contributed by atoms with Crippen LogP contribution in [0.4, 0.5) is 0 Å². The fraction of sp³-hybridized carbons (Fsp3) is 0.167. The van der Waals surface area contributed by atoms with Crippen molar-refractivity contribution in [3.8, 4) is 12.3 Å². The molecule has 1 aromatic heterocycles. The van der Waals surface area contributed by atoms with Gasteiger partial charge in [-0.2, -0.15) is 0 Å². The first-order chi connectivity index (χ1) is 8.22. The fourth-order valence-electron chi connectivity index (χ4n) is 1.46. The lowest BCUT2D eigenvalue weighted by atomic mass is 10.3. The average molecular weight is 247 g/mol. The van der Waals surface area contributed by atoms with E-state index in [1.54, 1.807) is 6.07 Å². The molecule has 0 saturated heterocycles. The summed E-state index contributed by atoms with van der Waals surface area (Å²) >= 11 is 1.10. The van der Waals surface area contributed by atoms with Crippen molar-refractivity contribution in [3.63, 3.8) is 0 Å². The van der Waals surface area contributed by atoms with Gasteiger partial charge in [0.15, 0.2) is 6.61 Å². The first-order valence-corrected chi connectivity index (χ1v) is 5.71. The van der Waals surface area contributed by atoms with Gasteiger partial charge in [-0.1, -0.05) is 29.4 Å². The minimum Gasteiger partial charge on any atom is -0.451 e. The van der Waals surface area contributed by atoms with Crippen molar-refractivity contribution in [2.24, 2.45) is 0 Å². The Morgan fingerprint density at radius 2 is 2.24 bits per heavy atom. The summed E-state index contributed by atoms with van der Waals surface area (Å²) in [6, 6.07) is 7.30. The zero-order valence-corrected chi connectivity index (χ0v) is 9.70. The summed E-state index contributed by atoms with van der Waals surface area (Å²) in [5.74, 6) is 1.70. The van der Waals surface area contributed by atoms with Crippen molar-refractivity contribution in [1.29, 1.82) is 0 Å². The zero-order chi connectivity index (χ0) is 12.3. The predicted octanol–water partition coefficient (Wildman–Crippen LogP) is 1.24. The lowest BCUT2D eigenvalue weighted by Crippen LogP contribution is -2.20. The molecular weight excluding hydrogens is 238 g/mol. The van der Waals surface area contributed by atoms with Gasteiger partial charge in [-0.15, -0.1) is 6.42 Å². The van der Waals surface area contributed by atoms with E-state index in [-0.39, 0.29) is 18.0 Å². The second-order valence-electron chi connectivity index (χ2n) is 3.29. The number of thiazole rings is 1. The maximum atomic E-state index is 11.7. The van der Waals surface area contributed by atoms with Crippen LogP contribution in [0.1, 0.15) is 0 Å². The second kappa shape index (κ2) is 4.85. The second-order valence-corrected chi connectivity index (χ2v) is 4.28. The Labute approximate surface area is 101 Å². The van der Waals surface area contributed by atoms with Gasteiger partial charge in [-0.3, -0.25) is 14.2 Å². The normalized spacial score (nSPS) is 10.1.